The van der Waals surface area contributed by atoms with Crippen LogP contribution in [-0.2, 0) is 4.79 Å². The maximum absolute atomic E-state index is 11.8. The highest BCUT2D eigenvalue weighted by molar-refractivity contribution is 7.09. The van der Waals surface area contributed by atoms with Crippen molar-refractivity contribution in [3.63, 3.8) is 0 Å². The summed E-state index contributed by atoms with van der Waals surface area (Å²) in [5.41, 5.74) is 0.984. The molecule has 1 heterocycles. The van der Waals surface area contributed by atoms with Crippen molar-refractivity contribution in [2.24, 2.45) is 0 Å². The topological polar surface area (TPSA) is 66.9 Å². The van der Waals surface area contributed by atoms with Gasteiger partial charge in [-0.3, -0.25) is 4.79 Å². The largest absolute Gasteiger partial charge is 0.352 e. The third kappa shape index (κ3) is 3.78. The first kappa shape index (κ1) is 14.0. The Hall–Kier alpha value is -1.95. The number of carbonyl (C=O) groups is 1. The average Bonchev–Trinajstić information content (AvgIpc) is 3.17. The van der Waals surface area contributed by atoms with Crippen LogP contribution in [-0.4, -0.2) is 27.9 Å². The molecule has 1 fully saturated rings. The first-order valence-electron chi connectivity index (χ1n) is 7.23. The van der Waals surface area contributed by atoms with E-state index >= 15 is 0 Å². The minimum atomic E-state index is 0.0263. The summed E-state index contributed by atoms with van der Waals surface area (Å²) in [4.78, 5) is 16.2. The number of amides is 1. The van der Waals surface area contributed by atoms with Crippen LogP contribution in [0.4, 0.5) is 5.13 Å². The standard InChI is InChI=1S/C15H18N4OS/c20-13(17-12-8-4-5-9-12)10-16-15-18-14(19-21-15)11-6-2-1-3-7-11/h1-3,6-7,12H,4-5,8-10H2,(H,17,20)(H,16,18,19). The SMILES string of the molecule is O=C(CNc1nc(-c2ccccc2)ns1)NC1CCCC1. The number of hydrogen-bond donors (Lipinski definition) is 2. The van der Waals surface area contributed by atoms with E-state index in [-0.39, 0.29) is 12.5 Å². The van der Waals surface area contributed by atoms with Gasteiger partial charge < -0.3 is 10.6 Å². The van der Waals surface area contributed by atoms with Crippen LogP contribution in [0.5, 0.6) is 0 Å². The fourth-order valence-electron chi connectivity index (χ4n) is 2.50. The lowest BCUT2D eigenvalue weighted by molar-refractivity contribution is -0.120. The van der Waals surface area contributed by atoms with Gasteiger partial charge in [-0.05, 0) is 12.8 Å². The lowest BCUT2D eigenvalue weighted by Crippen LogP contribution is -2.36. The summed E-state index contributed by atoms with van der Waals surface area (Å²) in [6, 6.07) is 10.2. The Morgan fingerprint density at radius 2 is 2.00 bits per heavy atom. The summed E-state index contributed by atoms with van der Waals surface area (Å²) in [6.45, 7) is 0.250. The van der Waals surface area contributed by atoms with Crippen molar-refractivity contribution in [1.29, 1.82) is 0 Å². The maximum Gasteiger partial charge on any atom is 0.239 e. The van der Waals surface area contributed by atoms with E-state index in [9.17, 15) is 4.79 Å². The second-order valence-electron chi connectivity index (χ2n) is 5.19. The predicted octanol–water partition coefficient (Wildman–Crippen LogP) is 2.68. The second-order valence-corrected chi connectivity index (χ2v) is 5.94. The van der Waals surface area contributed by atoms with Gasteiger partial charge in [-0.25, -0.2) is 0 Å². The summed E-state index contributed by atoms with van der Waals surface area (Å²) in [7, 11) is 0. The fourth-order valence-corrected chi connectivity index (χ4v) is 3.09. The minimum Gasteiger partial charge on any atom is -0.352 e. The zero-order chi connectivity index (χ0) is 14.5. The molecular weight excluding hydrogens is 284 g/mol. The van der Waals surface area contributed by atoms with Crippen molar-refractivity contribution >= 4 is 22.6 Å². The Labute approximate surface area is 128 Å². The number of rotatable bonds is 5. The van der Waals surface area contributed by atoms with Crippen LogP contribution >= 0.6 is 11.5 Å². The Morgan fingerprint density at radius 3 is 2.76 bits per heavy atom. The third-order valence-corrected chi connectivity index (χ3v) is 4.25. The number of carbonyl (C=O) groups excluding carboxylic acids is 1. The van der Waals surface area contributed by atoms with Crippen LogP contribution in [0.3, 0.4) is 0 Å². The molecule has 2 N–H and O–H groups in total. The molecule has 1 aliphatic carbocycles. The van der Waals surface area contributed by atoms with Gasteiger partial charge in [-0.15, -0.1) is 0 Å². The fraction of sp³-hybridized carbons (Fsp3) is 0.400. The van der Waals surface area contributed by atoms with Crippen molar-refractivity contribution in [3.05, 3.63) is 30.3 Å². The van der Waals surface area contributed by atoms with E-state index < -0.39 is 0 Å². The molecule has 1 aromatic carbocycles. The molecule has 0 bridgehead atoms. The Balaban J connectivity index is 1.51. The molecule has 0 spiro atoms. The molecule has 2 aromatic rings. The molecule has 0 aliphatic heterocycles. The van der Waals surface area contributed by atoms with Crippen molar-refractivity contribution in [3.8, 4) is 11.4 Å². The number of hydrogen-bond acceptors (Lipinski definition) is 5. The van der Waals surface area contributed by atoms with Gasteiger partial charge in [0.25, 0.3) is 0 Å². The van der Waals surface area contributed by atoms with Gasteiger partial charge in [0, 0.05) is 23.1 Å². The summed E-state index contributed by atoms with van der Waals surface area (Å²) in [5.74, 6) is 0.720. The molecule has 0 saturated heterocycles. The van der Waals surface area contributed by atoms with E-state index in [0.29, 0.717) is 17.0 Å². The average molecular weight is 302 g/mol. The van der Waals surface area contributed by atoms with Gasteiger partial charge in [0.05, 0.1) is 6.54 Å². The van der Waals surface area contributed by atoms with Crippen molar-refractivity contribution in [2.75, 3.05) is 11.9 Å². The van der Waals surface area contributed by atoms with E-state index in [1.165, 1.54) is 24.4 Å². The molecule has 1 saturated carbocycles. The number of nitrogens with one attached hydrogen (secondary N) is 2. The molecule has 0 radical (unpaired) electrons. The molecular formula is C15H18N4OS. The third-order valence-electron chi connectivity index (χ3n) is 3.58. The summed E-state index contributed by atoms with van der Waals surface area (Å²) < 4.78 is 4.30. The van der Waals surface area contributed by atoms with E-state index in [4.69, 9.17) is 0 Å². The van der Waals surface area contributed by atoms with Gasteiger partial charge in [0.15, 0.2) is 5.82 Å². The summed E-state index contributed by atoms with van der Waals surface area (Å²) >= 11 is 1.28. The monoisotopic (exact) mass is 302 g/mol. The quantitative estimate of drug-likeness (QED) is 0.891. The van der Waals surface area contributed by atoms with Crippen LogP contribution < -0.4 is 10.6 Å². The first-order chi connectivity index (χ1) is 10.3. The highest BCUT2D eigenvalue weighted by Crippen LogP contribution is 2.20. The van der Waals surface area contributed by atoms with Crippen molar-refractivity contribution < 1.29 is 4.79 Å². The van der Waals surface area contributed by atoms with Crippen LogP contribution in [0.1, 0.15) is 25.7 Å². The molecule has 3 rings (SSSR count). The van der Waals surface area contributed by atoms with Crippen LogP contribution in [0, 0.1) is 0 Å². The van der Waals surface area contributed by atoms with Crippen molar-refractivity contribution in [1.82, 2.24) is 14.7 Å². The maximum atomic E-state index is 11.8. The van der Waals surface area contributed by atoms with E-state index in [1.807, 2.05) is 30.3 Å². The molecule has 21 heavy (non-hydrogen) atoms. The smallest absolute Gasteiger partial charge is 0.239 e. The van der Waals surface area contributed by atoms with Gasteiger partial charge >= 0.3 is 0 Å². The van der Waals surface area contributed by atoms with Crippen LogP contribution in [0.15, 0.2) is 30.3 Å². The Morgan fingerprint density at radius 1 is 1.24 bits per heavy atom. The molecule has 1 amide bonds. The molecule has 6 heteroatoms. The Bertz CT molecular complexity index is 593. The Kier molecular flexibility index (Phi) is 4.45. The lowest BCUT2D eigenvalue weighted by atomic mass is 10.2. The number of aromatic nitrogens is 2. The molecule has 0 atom stereocenters. The summed E-state index contributed by atoms with van der Waals surface area (Å²) in [5, 5.41) is 6.76. The number of anilines is 1. The second kappa shape index (κ2) is 6.67. The van der Waals surface area contributed by atoms with E-state index in [1.54, 1.807) is 0 Å². The van der Waals surface area contributed by atoms with Gasteiger partial charge in [0.1, 0.15) is 0 Å². The van der Waals surface area contributed by atoms with Gasteiger partial charge in [0.2, 0.25) is 11.0 Å². The molecule has 1 aromatic heterocycles. The van der Waals surface area contributed by atoms with Crippen LogP contribution in [0.25, 0.3) is 11.4 Å². The zero-order valence-electron chi connectivity index (χ0n) is 11.7. The predicted molar refractivity (Wildman–Crippen MR) is 84.2 cm³/mol. The van der Waals surface area contributed by atoms with Gasteiger partial charge in [-0.1, -0.05) is 43.2 Å². The molecule has 1 aliphatic rings. The van der Waals surface area contributed by atoms with Crippen molar-refractivity contribution in [2.45, 2.75) is 31.7 Å². The normalized spacial score (nSPS) is 15.0. The first-order valence-corrected chi connectivity index (χ1v) is 8.01. The summed E-state index contributed by atoms with van der Waals surface area (Å²) in [6.07, 6.45) is 4.63. The highest BCUT2D eigenvalue weighted by Gasteiger charge is 2.17. The van der Waals surface area contributed by atoms with E-state index in [2.05, 4.69) is 20.0 Å². The molecule has 110 valence electrons. The molecule has 0 unspecified atom stereocenters. The zero-order valence-corrected chi connectivity index (χ0v) is 12.5. The van der Waals surface area contributed by atoms with Crippen LogP contribution in [0.2, 0.25) is 0 Å². The van der Waals surface area contributed by atoms with Gasteiger partial charge in [-0.2, -0.15) is 9.36 Å². The number of benzene rings is 1. The highest BCUT2D eigenvalue weighted by atomic mass is 32.1. The number of nitrogens with zero attached hydrogens (tertiary/aromatic N) is 2. The lowest BCUT2D eigenvalue weighted by Gasteiger charge is -2.11. The molecule has 5 nitrogen and oxygen atoms in total. The van der Waals surface area contributed by atoms with E-state index in [0.717, 1.165) is 18.4 Å². The minimum absolute atomic E-state index is 0.0263.